The lowest BCUT2D eigenvalue weighted by atomic mass is 10.2. The topological polar surface area (TPSA) is 87.1 Å². The first-order chi connectivity index (χ1) is 11.3. The molecule has 1 aromatic carbocycles. The van der Waals surface area contributed by atoms with Crippen molar-refractivity contribution in [3.05, 3.63) is 41.5 Å². The van der Waals surface area contributed by atoms with Crippen molar-refractivity contribution >= 4 is 0 Å². The second-order valence-corrected chi connectivity index (χ2v) is 5.40. The maximum atomic E-state index is 9.06. The van der Waals surface area contributed by atoms with E-state index in [0.29, 0.717) is 30.4 Å². The van der Waals surface area contributed by atoms with Gasteiger partial charge in [-0.1, -0.05) is 12.1 Å². The van der Waals surface area contributed by atoms with Gasteiger partial charge in [-0.15, -0.1) is 0 Å². The molecule has 2 aromatic rings. The molecule has 0 spiro atoms. The summed E-state index contributed by atoms with van der Waals surface area (Å²) in [5, 5.41) is 16.1. The van der Waals surface area contributed by atoms with Crippen molar-refractivity contribution < 1.29 is 9.47 Å². The molecular formula is C16H19N5O2. The number of morpholine rings is 1. The summed E-state index contributed by atoms with van der Waals surface area (Å²) in [4.78, 5) is 6.59. The lowest BCUT2D eigenvalue weighted by Gasteiger charge is -2.31. The first-order valence-corrected chi connectivity index (χ1v) is 7.61. The fraction of sp³-hybridized carbons (Fsp3) is 0.438. The van der Waals surface area contributed by atoms with E-state index in [9.17, 15) is 0 Å². The Bertz CT molecular complexity index is 694. The van der Waals surface area contributed by atoms with Crippen LogP contribution in [0, 0.1) is 18.3 Å². The van der Waals surface area contributed by atoms with Crippen molar-refractivity contribution in [1.29, 1.82) is 5.26 Å². The molecule has 1 atom stereocenters. The number of hydrogen-bond donors (Lipinski definition) is 1. The van der Waals surface area contributed by atoms with Gasteiger partial charge in [0.2, 0.25) is 0 Å². The van der Waals surface area contributed by atoms with Gasteiger partial charge in [0.05, 0.1) is 12.2 Å². The molecule has 7 heteroatoms. The summed E-state index contributed by atoms with van der Waals surface area (Å²) in [5.74, 6) is 2.12. The van der Waals surface area contributed by atoms with Crippen molar-refractivity contribution in [2.75, 3.05) is 32.8 Å². The third kappa shape index (κ3) is 3.86. The SMILES string of the molecule is Cc1nc([C@@H]2CN(CCOc3ccccc3C#N)CCO2)n[nH]1. The van der Waals surface area contributed by atoms with E-state index in [1.165, 1.54) is 0 Å². The van der Waals surface area contributed by atoms with Gasteiger partial charge in [0.1, 0.15) is 30.4 Å². The summed E-state index contributed by atoms with van der Waals surface area (Å²) in [6, 6.07) is 9.41. The summed E-state index contributed by atoms with van der Waals surface area (Å²) in [7, 11) is 0. The smallest absolute Gasteiger partial charge is 0.180 e. The summed E-state index contributed by atoms with van der Waals surface area (Å²) in [5.41, 5.74) is 0.559. The average molecular weight is 313 g/mol. The number of nitrogens with zero attached hydrogens (tertiary/aromatic N) is 4. The number of hydrogen-bond acceptors (Lipinski definition) is 6. The number of aromatic amines is 1. The molecule has 1 fully saturated rings. The third-order valence-corrected chi connectivity index (χ3v) is 3.73. The highest BCUT2D eigenvalue weighted by atomic mass is 16.5. The van der Waals surface area contributed by atoms with Crippen LogP contribution >= 0.6 is 0 Å². The Morgan fingerprint density at radius 3 is 3.13 bits per heavy atom. The molecule has 1 aromatic heterocycles. The Labute approximate surface area is 134 Å². The molecule has 1 N–H and O–H groups in total. The molecule has 0 aliphatic carbocycles. The Morgan fingerprint density at radius 2 is 2.35 bits per heavy atom. The van der Waals surface area contributed by atoms with Crippen molar-refractivity contribution in [2.24, 2.45) is 0 Å². The van der Waals surface area contributed by atoms with Crippen molar-refractivity contribution in [3.8, 4) is 11.8 Å². The Balaban J connectivity index is 1.51. The predicted molar refractivity (Wildman–Crippen MR) is 82.9 cm³/mol. The Morgan fingerprint density at radius 1 is 1.48 bits per heavy atom. The molecule has 1 aliphatic heterocycles. The van der Waals surface area contributed by atoms with Crippen LogP contribution in [0.25, 0.3) is 0 Å². The molecular weight excluding hydrogens is 294 g/mol. The van der Waals surface area contributed by atoms with E-state index in [4.69, 9.17) is 14.7 Å². The van der Waals surface area contributed by atoms with Gasteiger partial charge in [-0.2, -0.15) is 10.4 Å². The molecule has 1 aliphatic rings. The molecule has 23 heavy (non-hydrogen) atoms. The largest absolute Gasteiger partial charge is 0.491 e. The van der Waals surface area contributed by atoms with Crippen LogP contribution in [0.5, 0.6) is 5.75 Å². The number of benzene rings is 1. The number of H-pyrrole nitrogens is 1. The van der Waals surface area contributed by atoms with Crippen molar-refractivity contribution in [3.63, 3.8) is 0 Å². The van der Waals surface area contributed by atoms with Crippen LogP contribution in [0.3, 0.4) is 0 Å². The van der Waals surface area contributed by atoms with Crippen molar-refractivity contribution in [2.45, 2.75) is 13.0 Å². The lowest BCUT2D eigenvalue weighted by molar-refractivity contribution is -0.0369. The van der Waals surface area contributed by atoms with Crippen LogP contribution in [-0.2, 0) is 4.74 Å². The minimum absolute atomic E-state index is 0.111. The minimum Gasteiger partial charge on any atom is -0.491 e. The van der Waals surface area contributed by atoms with Crippen LogP contribution in [0.15, 0.2) is 24.3 Å². The highest BCUT2D eigenvalue weighted by Gasteiger charge is 2.24. The van der Waals surface area contributed by atoms with E-state index >= 15 is 0 Å². The summed E-state index contributed by atoms with van der Waals surface area (Å²) in [6.45, 7) is 5.40. The van der Waals surface area contributed by atoms with E-state index < -0.39 is 0 Å². The molecule has 2 heterocycles. The maximum Gasteiger partial charge on any atom is 0.180 e. The van der Waals surface area contributed by atoms with Gasteiger partial charge >= 0.3 is 0 Å². The van der Waals surface area contributed by atoms with E-state index in [0.717, 1.165) is 25.5 Å². The molecule has 120 valence electrons. The van der Waals surface area contributed by atoms with Gasteiger partial charge in [0.25, 0.3) is 0 Å². The van der Waals surface area contributed by atoms with Crippen molar-refractivity contribution in [1.82, 2.24) is 20.1 Å². The summed E-state index contributed by atoms with van der Waals surface area (Å²) >= 11 is 0. The van der Waals surface area contributed by atoms with Gasteiger partial charge in [-0.3, -0.25) is 10.00 Å². The number of nitriles is 1. The standard InChI is InChI=1S/C16H19N5O2/c1-12-18-16(20-19-12)15-11-21(7-9-23-15)6-8-22-14-5-3-2-4-13(14)10-17/h2-5,15H,6-9,11H2,1H3,(H,18,19,20)/t15-/m0/s1. The van der Waals surface area contributed by atoms with Crippen LogP contribution in [-0.4, -0.2) is 52.9 Å². The fourth-order valence-corrected chi connectivity index (χ4v) is 2.54. The van der Waals surface area contributed by atoms with Crippen LogP contribution in [0.1, 0.15) is 23.3 Å². The molecule has 0 radical (unpaired) electrons. The number of aromatic nitrogens is 3. The lowest BCUT2D eigenvalue weighted by Crippen LogP contribution is -2.40. The zero-order chi connectivity index (χ0) is 16.1. The van der Waals surface area contributed by atoms with E-state index in [2.05, 4.69) is 26.2 Å². The van der Waals surface area contributed by atoms with Crippen LogP contribution < -0.4 is 4.74 Å². The Hall–Kier alpha value is -2.43. The molecule has 0 bridgehead atoms. The number of para-hydroxylation sites is 1. The third-order valence-electron chi connectivity index (χ3n) is 3.73. The van der Waals surface area contributed by atoms with Crippen LogP contribution in [0.4, 0.5) is 0 Å². The van der Waals surface area contributed by atoms with E-state index in [-0.39, 0.29) is 6.10 Å². The van der Waals surface area contributed by atoms with Crippen LogP contribution in [0.2, 0.25) is 0 Å². The number of ether oxygens (including phenoxy) is 2. The quantitative estimate of drug-likeness (QED) is 0.898. The summed E-state index contributed by atoms with van der Waals surface area (Å²) in [6.07, 6.45) is -0.111. The van der Waals surface area contributed by atoms with E-state index in [1.807, 2.05) is 25.1 Å². The van der Waals surface area contributed by atoms with E-state index in [1.54, 1.807) is 6.07 Å². The van der Waals surface area contributed by atoms with Gasteiger partial charge in [-0.05, 0) is 19.1 Å². The first-order valence-electron chi connectivity index (χ1n) is 7.61. The Kier molecular flexibility index (Phi) is 4.86. The number of aryl methyl sites for hydroxylation is 1. The van der Waals surface area contributed by atoms with Gasteiger partial charge in [0, 0.05) is 19.6 Å². The number of nitrogens with one attached hydrogen (secondary N) is 1. The highest BCUT2D eigenvalue weighted by Crippen LogP contribution is 2.19. The molecule has 0 amide bonds. The average Bonchev–Trinajstić information content (AvgIpc) is 3.02. The predicted octanol–water partition coefficient (Wildman–Crippen LogP) is 1.44. The molecule has 3 rings (SSSR count). The maximum absolute atomic E-state index is 9.06. The van der Waals surface area contributed by atoms with Gasteiger partial charge < -0.3 is 9.47 Å². The second kappa shape index (κ2) is 7.22. The monoisotopic (exact) mass is 313 g/mol. The zero-order valence-corrected chi connectivity index (χ0v) is 13.0. The number of rotatable bonds is 5. The zero-order valence-electron chi connectivity index (χ0n) is 13.0. The molecule has 0 unspecified atom stereocenters. The normalized spacial score (nSPS) is 18.5. The second-order valence-electron chi connectivity index (χ2n) is 5.40. The fourth-order valence-electron chi connectivity index (χ4n) is 2.54. The van der Waals surface area contributed by atoms with Gasteiger partial charge in [-0.25, -0.2) is 4.98 Å². The molecule has 0 saturated carbocycles. The minimum atomic E-state index is -0.111. The molecule has 7 nitrogen and oxygen atoms in total. The summed E-state index contributed by atoms with van der Waals surface area (Å²) < 4.78 is 11.5. The first kappa shape index (κ1) is 15.5. The van der Waals surface area contributed by atoms with Gasteiger partial charge in [0.15, 0.2) is 5.82 Å². The molecule has 1 saturated heterocycles. The highest BCUT2D eigenvalue weighted by molar-refractivity contribution is 5.42.